The topological polar surface area (TPSA) is 63.6 Å². The molecule has 0 aromatic rings. The smallest absolute Gasteiger partial charge is 0.176 e. The van der Waals surface area contributed by atoms with Crippen LogP contribution in [0.1, 0.15) is 80.6 Å². The maximum atomic E-state index is 13.5. The third-order valence-corrected chi connectivity index (χ3v) is 5.76. The molecule has 0 aromatic carbocycles. The van der Waals surface area contributed by atoms with Crippen LogP contribution in [0.5, 0.6) is 0 Å². The van der Waals surface area contributed by atoms with Crippen molar-refractivity contribution in [3.8, 4) is 0 Å². The lowest BCUT2D eigenvalue weighted by Crippen LogP contribution is -2.42. The van der Waals surface area contributed by atoms with Crippen LogP contribution in [0, 0.1) is 5.41 Å². The molecule has 164 valence electrons. The molecule has 0 amide bonds. The highest BCUT2D eigenvalue weighted by Gasteiger charge is 2.50. The average Bonchev–Trinajstić information content (AvgIpc) is 2.63. The van der Waals surface area contributed by atoms with Crippen molar-refractivity contribution in [2.45, 2.75) is 86.7 Å². The third kappa shape index (κ3) is 5.21. The van der Waals surface area contributed by atoms with Crippen LogP contribution in [0.2, 0.25) is 0 Å². The molecule has 0 saturated carbocycles. The van der Waals surface area contributed by atoms with E-state index in [0.29, 0.717) is 24.2 Å². The molecule has 30 heavy (non-hydrogen) atoms. The summed E-state index contributed by atoms with van der Waals surface area (Å²) in [5.74, 6) is -0.181. The number of ketones is 2. The van der Waals surface area contributed by atoms with E-state index in [0.717, 1.165) is 18.4 Å². The van der Waals surface area contributed by atoms with Crippen LogP contribution in [0.15, 0.2) is 57.6 Å². The number of ether oxygens (including phenoxy) is 1. The summed E-state index contributed by atoms with van der Waals surface area (Å²) in [6, 6.07) is 0. The summed E-state index contributed by atoms with van der Waals surface area (Å²) in [6.07, 6.45) is 8.73. The van der Waals surface area contributed by atoms with E-state index in [1.807, 2.05) is 33.8 Å². The van der Waals surface area contributed by atoms with E-state index >= 15 is 0 Å². The Morgan fingerprint density at radius 2 is 1.73 bits per heavy atom. The monoisotopic (exact) mass is 412 g/mol. The summed E-state index contributed by atoms with van der Waals surface area (Å²) in [7, 11) is 0. The molecule has 0 saturated heterocycles. The molecule has 2 unspecified atom stereocenters. The molecule has 2 atom stereocenters. The fourth-order valence-corrected chi connectivity index (χ4v) is 3.88. The molecular weight excluding hydrogens is 376 g/mol. The predicted octanol–water partition coefficient (Wildman–Crippen LogP) is 6.46. The molecule has 2 rings (SSSR count). The van der Waals surface area contributed by atoms with E-state index < -0.39 is 5.41 Å². The Hall–Kier alpha value is -2.36. The zero-order valence-electron chi connectivity index (χ0n) is 19.5. The zero-order valence-corrected chi connectivity index (χ0v) is 19.5. The normalized spacial score (nSPS) is 24.5. The van der Waals surface area contributed by atoms with Crippen LogP contribution >= 0.6 is 0 Å². The second kappa shape index (κ2) is 9.63. The van der Waals surface area contributed by atoms with Crippen LogP contribution < -0.4 is 0 Å². The van der Waals surface area contributed by atoms with Crippen molar-refractivity contribution in [1.29, 1.82) is 0 Å². The molecule has 4 nitrogen and oxygen atoms in total. The van der Waals surface area contributed by atoms with Gasteiger partial charge in [0.2, 0.25) is 0 Å². The van der Waals surface area contributed by atoms with Gasteiger partial charge in [-0.2, -0.15) is 0 Å². The van der Waals surface area contributed by atoms with Crippen molar-refractivity contribution in [2.24, 2.45) is 5.41 Å². The van der Waals surface area contributed by atoms with Gasteiger partial charge in [0.05, 0.1) is 11.0 Å². The fraction of sp³-hybridized carbons (Fsp3) is 0.538. The van der Waals surface area contributed by atoms with Gasteiger partial charge in [0.25, 0.3) is 0 Å². The van der Waals surface area contributed by atoms with Gasteiger partial charge in [-0.1, -0.05) is 34.9 Å². The van der Waals surface area contributed by atoms with Crippen molar-refractivity contribution in [1.82, 2.24) is 0 Å². The van der Waals surface area contributed by atoms with Crippen LogP contribution in [0.3, 0.4) is 0 Å². The van der Waals surface area contributed by atoms with Crippen molar-refractivity contribution in [3.63, 3.8) is 0 Å². The molecule has 1 N–H and O–H groups in total. The average molecular weight is 413 g/mol. The van der Waals surface area contributed by atoms with Crippen LogP contribution in [-0.2, 0) is 14.3 Å². The van der Waals surface area contributed by atoms with Crippen molar-refractivity contribution in [2.75, 3.05) is 0 Å². The first-order valence-corrected chi connectivity index (χ1v) is 10.8. The van der Waals surface area contributed by atoms with E-state index in [9.17, 15) is 14.7 Å². The van der Waals surface area contributed by atoms with E-state index in [1.165, 1.54) is 11.1 Å². The van der Waals surface area contributed by atoms with Crippen molar-refractivity contribution in [3.05, 3.63) is 57.6 Å². The second-order valence-corrected chi connectivity index (χ2v) is 9.31. The summed E-state index contributed by atoms with van der Waals surface area (Å²) in [5, 5.41) is 10.8. The Bertz CT molecular complexity index is 871. The molecule has 1 aliphatic heterocycles. The minimum Gasteiger partial charge on any atom is -0.507 e. The molecule has 0 radical (unpaired) electrons. The van der Waals surface area contributed by atoms with Crippen LogP contribution in [0.4, 0.5) is 0 Å². The highest BCUT2D eigenvalue weighted by Crippen LogP contribution is 2.47. The van der Waals surface area contributed by atoms with Gasteiger partial charge in [0.1, 0.15) is 17.6 Å². The molecule has 1 aliphatic carbocycles. The van der Waals surface area contributed by atoms with Crippen molar-refractivity contribution >= 4 is 11.6 Å². The zero-order chi connectivity index (χ0) is 22.6. The van der Waals surface area contributed by atoms with Gasteiger partial charge in [-0.25, -0.2) is 0 Å². The first kappa shape index (κ1) is 23.9. The standard InChI is InChI=1S/C26H36O4/c1-16(2)9-8-10-18(5)13-14-26(7)24(29)20(12-11-17(3)4)23(28)22-21(27)15-19(6)30-25(22)26/h9,11,13,19,28H,8,10,12,14-15H2,1-7H3/b18-13+. The number of hydrogen-bond donors (Lipinski definition) is 1. The molecule has 0 spiro atoms. The van der Waals surface area contributed by atoms with Gasteiger partial charge < -0.3 is 9.84 Å². The summed E-state index contributed by atoms with van der Waals surface area (Å²) >= 11 is 0. The fourth-order valence-electron chi connectivity index (χ4n) is 3.88. The number of Topliss-reactive ketones (excluding diaryl/α,β-unsaturated/α-hetero) is 2. The molecular formula is C26H36O4. The first-order valence-electron chi connectivity index (χ1n) is 10.8. The van der Waals surface area contributed by atoms with Gasteiger partial charge in [0, 0.05) is 12.0 Å². The highest BCUT2D eigenvalue weighted by atomic mass is 16.5. The van der Waals surface area contributed by atoms with Crippen LogP contribution in [-0.4, -0.2) is 22.8 Å². The Labute approximate surface area is 181 Å². The Morgan fingerprint density at radius 1 is 1.10 bits per heavy atom. The molecule has 0 aromatic heterocycles. The van der Waals surface area contributed by atoms with Gasteiger partial charge >= 0.3 is 0 Å². The van der Waals surface area contributed by atoms with E-state index in [2.05, 4.69) is 32.9 Å². The van der Waals surface area contributed by atoms with E-state index in [1.54, 1.807) is 0 Å². The number of carbonyl (C=O) groups is 2. The minimum absolute atomic E-state index is 0.154. The number of allylic oxidation sites excluding steroid dienone is 9. The highest BCUT2D eigenvalue weighted by molar-refractivity contribution is 6.11. The first-order chi connectivity index (χ1) is 14.0. The quantitative estimate of drug-likeness (QED) is 0.487. The molecule has 1 heterocycles. The number of aliphatic hydroxyl groups excluding tert-OH is 1. The lowest BCUT2D eigenvalue weighted by molar-refractivity contribution is -0.128. The maximum Gasteiger partial charge on any atom is 0.176 e. The Balaban J connectivity index is 2.46. The van der Waals surface area contributed by atoms with Gasteiger partial charge in [-0.05, 0) is 74.1 Å². The Morgan fingerprint density at radius 3 is 2.33 bits per heavy atom. The number of rotatable bonds is 7. The minimum atomic E-state index is -0.992. The lowest BCUT2D eigenvalue weighted by Gasteiger charge is -2.39. The second-order valence-electron chi connectivity index (χ2n) is 9.31. The van der Waals surface area contributed by atoms with Crippen molar-refractivity contribution < 1.29 is 19.4 Å². The third-order valence-electron chi connectivity index (χ3n) is 5.76. The van der Waals surface area contributed by atoms with Gasteiger partial charge in [-0.3, -0.25) is 9.59 Å². The molecule has 2 aliphatic rings. The largest absolute Gasteiger partial charge is 0.507 e. The lowest BCUT2D eigenvalue weighted by atomic mass is 9.69. The van der Waals surface area contributed by atoms with E-state index in [4.69, 9.17) is 4.74 Å². The van der Waals surface area contributed by atoms with E-state index in [-0.39, 0.29) is 35.4 Å². The number of carbonyl (C=O) groups excluding carboxylic acids is 2. The Kier molecular flexibility index (Phi) is 7.68. The summed E-state index contributed by atoms with van der Waals surface area (Å²) < 4.78 is 6.03. The predicted molar refractivity (Wildman–Crippen MR) is 121 cm³/mol. The number of aliphatic hydroxyl groups is 1. The molecule has 0 fully saturated rings. The summed E-state index contributed by atoms with van der Waals surface area (Å²) in [6.45, 7) is 13.8. The molecule has 0 bridgehead atoms. The van der Waals surface area contributed by atoms with Gasteiger partial charge in [-0.15, -0.1) is 0 Å². The molecule has 4 heteroatoms. The summed E-state index contributed by atoms with van der Waals surface area (Å²) in [5.41, 5.74) is 3.05. The summed E-state index contributed by atoms with van der Waals surface area (Å²) in [4.78, 5) is 26.3. The van der Waals surface area contributed by atoms with Crippen LogP contribution in [0.25, 0.3) is 0 Å². The van der Waals surface area contributed by atoms with Gasteiger partial charge in [0.15, 0.2) is 11.6 Å². The maximum absolute atomic E-state index is 13.5. The number of hydrogen-bond acceptors (Lipinski definition) is 4. The SMILES string of the molecule is CC(C)=CCC/C(C)=C/CC1(C)C(=O)C(CC=C(C)C)=C(O)C2=C1OC(C)CC2=O.